The number of rotatable bonds is 5. The van der Waals surface area contributed by atoms with Crippen molar-refractivity contribution < 1.29 is 0 Å². The van der Waals surface area contributed by atoms with E-state index in [1.54, 1.807) is 17.0 Å². The summed E-state index contributed by atoms with van der Waals surface area (Å²) in [5, 5.41) is 0.867. The molecule has 1 aliphatic rings. The first kappa shape index (κ1) is 12.6. The number of anilines is 1. The molecular weight excluding hydrogens is 282 g/mol. The smallest absolute Gasteiger partial charge is 0.293 e. The summed E-state index contributed by atoms with van der Waals surface area (Å²) in [4.78, 5) is 18.6. The van der Waals surface area contributed by atoms with Crippen LogP contribution in [0.5, 0.6) is 0 Å². The highest BCUT2D eigenvalue weighted by Gasteiger charge is 2.27. The molecular formula is C12H18BrN3O. The summed E-state index contributed by atoms with van der Waals surface area (Å²) in [6, 6.07) is 0.500. The van der Waals surface area contributed by atoms with Gasteiger partial charge in [-0.15, -0.1) is 0 Å². The van der Waals surface area contributed by atoms with Gasteiger partial charge in [0.1, 0.15) is 0 Å². The van der Waals surface area contributed by atoms with Gasteiger partial charge in [0.2, 0.25) is 0 Å². The van der Waals surface area contributed by atoms with E-state index in [1.165, 1.54) is 19.3 Å². The summed E-state index contributed by atoms with van der Waals surface area (Å²) in [7, 11) is 0. The molecule has 1 aromatic heterocycles. The number of hydrogen-bond acceptors (Lipinski definition) is 3. The predicted octanol–water partition coefficient (Wildman–Crippen LogP) is 2.02. The van der Waals surface area contributed by atoms with Crippen LogP contribution in [-0.4, -0.2) is 27.5 Å². The molecule has 0 aliphatic heterocycles. The van der Waals surface area contributed by atoms with Gasteiger partial charge in [-0.3, -0.25) is 4.79 Å². The van der Waals surface area contributed by atoms with Crippen molar-refractivity contribution in [2.24, 2.45) is 0 Å². The van der Waals surface area contributed by atoms with Crippen LogP contribution in [0.15, 0.2) is 17.2 Å². The van der Waals surface area contributed by atoms with E-state index < -0.39 is 0 Å². The van der Waals surface area contributed by atoms with E-state index >= 15 is 0 Å². The fourth-order valence-corrected chi connectivity index (χ4v) is 2.51. The Balaban J connectivity index is 2.31. The molecule has 0 aromatic carbocycles. The molecule has 0 atom stereocenters. The summed E-state index contributed by atoms with van der Waals surface area (Å²) in [5.41, 5.74) is 0.0304. The Morgan fingerprint density at radius 3 is 2.88 bits per heavy atom. The molecule has 1 heterocycles. The third-order valence-corrected chi connectivity index (χ3v) is 3.70. The van der Waals surface area contributed by atoms with Gasteiger partial charge in [-0.2, -0.15) is 0 Å². The molecule has 0 radical (unpaired) electrons. The van der Waals surface area contributed by atoms with E-state index in [4.69, 9.17) is 0 Å². The maximum Gasteiger partial charge on any atom is 0.293 e. The van der Waals surface area contributed by atoms with Crippen LogP contribution < -0.4 is 10.5 Å². The van der Waals surface area contributed by atoms with Crippen LogP contribution in [0.3, 0.4) is 0 Å². The number of hydrogen-bond donors (Lipinski definition) is 0. The molecule has 1 aliphatic carbocycles. The van der Waals surface area contributed by atoms with Crippen molar-refractivity contribution in [1.29, 1.82) is 0 Å². The zero-order valence-electron chi connectivity index (χ0n) is 10.1. The van der Waals surface area contributed by atoms with E-state index in [0.29, 0.717) is 18.4 Å². The standard InChI is InChI=1S/C12H18BrN3O/c1-2-15-9-7-14-11(12(15)17)16(8-6-13)10-4-3-5-10/h7,9-10H,2-6,8H2,1H3. The van der Waals surface area contributed by atoms with Crippen molar-refractivity contribution in [3.8, 4) is 0 Å². The molecule has 0 unspecified atom stereocenters. The molecule has 0 spiro atoms. The molecule has 0 saturated heterocycles. The molecule has 1 aromatic rings. The zero-order valence-corrected chi connectivity index (χ0v) is 11.7. The number of halogens is 1. The van der Waals surface area contributed by atoms with Crippen LogP contribution >= 0.6 is 15.9 Å². The highest BCUT2D eigenvalue weighted by molar-refractivity contribution is 9.09. The Hall–Kier alpha value is -0.840. The van der Waals surface area contributed by atoms with Crippen molar-refractivity contribution in [2.45, 2.75) is 38.8 Å². The van der Waals surface area contributed by atoms with Crippen LogP contribution in [0.1, 0.15) is 26.2 Å². The third kappa shape index (κ3) is 2.54. The molecule has 4 nitrogen and oxygen atoms in total. The van der Waals surface area contributed by atoms with Crippen molar-refractivity contribution >= 4 is 21.7 Å². The summed E-state index contributed by atoms with van der Waals surface area (Å²) in [6.45, 7) is 3.52. The van der Waals surface area contributed by atoms with E-state index in [-0.39, 0.29) is 5.56 Å². The van der Waals surface area contributed by atoms with Gasteiger partial charge in [-0.25, -0.2) is 4.98 Å². The summed E-state index contributed by atoms with van der Waals surface area (Å²) in [5.74, 6) is 0.610. The van der Waals surface area contributed by atoms with Gasteiger partial charge in [-0.1, -0.05) is 15.9 Å². The third-order valence-electron chi connectivity index (χ3n) is 3.35. The fourth-order valence-electron chi connectivity index (χ4n) is 2.13. The molecule has 1 fully saturated rings. The van der Waals surface area contributed by atoms with Gasteiger partial charge < -0.3 is 9.47 Å². The lowest BCUT2D eigenvalue weighted by Gasteiger charge is -2.37. The van der Waals surface area contributed by atoms with Gasteiger partial charge in [0, 0.05) is 36.9 Å². The normalized spacial score (nSPS) is 15.6. The predicted molar refractivity (Wildman–Crippen MR) is 73.0 cm³/mol. The number of nitrogens with zero attached hydrogens (tertiary/aromatic N) is 3. The molecule has 0 amide bonds. The van der Waals surface area contributed by atoms with Gasteiger partial charge >= 0.3 is 0 Å². The Labute approximate surface area is 110 Å². The Bertz CT molecular complexity index is 428. The van der Waals surface area contributed by atoms with Crippen molar-refractivity contribution in [3.05, 3.63) is 22.7 Å². The lowest BCUT2D eigenvalue weighted by molar-refractivity contribution is 0.387. The molecule has 0 bridgehead atoms. The Morgan fingerprint density at radius 2 is 2.35 bits per heavy atom. The topological polar surface area (TPSA) is 38.1 Å². The minimum absolute atomic E-state index is 0.0304. The monoisotopic (exact) mass is 299 g/mol. The highest BCUT2D eigenvalue weighted by atomic mass is 79.9. The van der Waals surface area contributed by atoms with Crippen LogP contribution in [0.4, 0.5) is 5.82 Å². The minimum Gasteiger partial charge on any atom is -0.348 e. The SMILES string of the molecule is CCn1ccnc(N(CCBr)C2CCC2)c1=O. The first-order chi connectivity index (χ1) is 8.27. The second kappa shape index (κ2) is 5.67. The number of aryl methyl sites for hydroxylation is 1. The molecule has 1 saturated carbocycles. The minimum atomic E-state index is 0.0304. The Kier molecular flexibility index (Phi) is 4.20. The molecule has 5 heteroatoms. The zero-order chi connectivity index (χ0) is 12.3. The quantitative estimate of drug-likeness (QED) is 0.781. The average Bonchev–Trinajstić information content (AvgIpc) is 2.26. The van der Waals surface area contributed by atoms with Crippen molar-refractivity contribution in [3.63, 3.8) is 0 Å². The van der Waals surface area contributed by atoms with Crippen LogP contribution in [0.25, 0.3) is 0 Å². The highest BCUT2D eigenvalue weighted by Crippen LogP contribution is 2.26. The van der Waals surface area contributed by atoms with Gasteiger partial charge in [0.25, 0.3) is 5.56 Å². The van der Waals surface area contributed by atoms with Gasteiger partial charge in [0.15, 0.2) is 5.82 Å². The van der Waals surface area contributed by atoms with Crippen LogP contribution in [0, 0.1) is 0 Å². The summed E-state index contributed by atoms with van der Waals surface area (Å²) in [6.07, 6.45) is 7.08. The maximum atomic E-state index is 12.2. The fraction of sp³-hybridized carbons (Fsp3) is 0.667. The van der Waals surface area contributed by atoms with Gasteiger partial charge in [0.05, 0.1) is 0 Å². The van der Waals surface area contributed by atoms with E-state index in [2.05, 4.69) is 25.8 Å². The lowest BCUT2D eigenvalue weighted by atomic mass is 9.91. The molecule has 17 heavy (non-hydrogen) atoms. The van der Waals surface area contributed by atoms with Gasteiger partial charge in [-0.05, 0) is 26.2 Å². The number of alkyl halides is 1. The second-order valence-corrected chi connectivity index (χ2v) is 5.10. The second-order valence-electron chi connectivity index (χ2n) is 4.31. The first-order valence-electron chi connectivity index (χ1n) is 6.16. The first-order valence-corrected chi connectivity index (χ1v) is 7.28. The molecule has 94 valence electrons. The largest absolute Gasteiger partial charge is 0.348 e. The summed E-state index contributed by atoms with van der Waals surface area (Å²) >= 11 is 3.45. The van der Waals surface area contributed by atoms with Crippen molar-refractivity contribution in [2.75, 3.05) is 16.8 Å². The Morgan fingerprint density at radius 1 is 1.59 bits per heavy atom. The maximum absolute atomic E-state index is 12.2. The van der Waals surface area contributed by atoms with Crippen LogP contribution in [0.2, 0.25) is 0 Å². The summed E-state index contributed by atoms with van der Waals surface area (Å²) < 4.78 is 1.71. The average molecular weight is 300 g/mol. The van der Waals surface area contributed by atoms with Crippen LogP contribution in [-0.2, 0) is 6.54 Å². The lowest BCUT2D eigenvalue weighted by Crippen LogP contribution is -2.45. The molecule has 0 N–H and O–H groups in total. The van der Waals surface area contributed by atoms with E-state index in [1.807, 2.05) is 6.92 Å². The van der Waals surface area contributed by atoms with E-state index in [9.17, 15) is 4.79 Å². The molecule has 2 rings (SSSR count). The van der Waals surface area contributed by atoms with E-state index in [0.717, 1.165) is 11.9 Å². The van der Waals surface area contributed by atoms with Crippen molar-refractivity contribution in [1.82, 2.24) is 9.55 Å². The number of aromatic nitrogens is 2.